The van der Waals surface area contributed by atoms with Crippen LogP contribution in [0.2, 0.25) is 0 Å². The molecule has 1 aromatic heterocycles. The first kappa shape index (κ1) is 14.6. The molecular formula is C13H11Br2NO2S. The average Bonchev–Trinajstić information content (AvgIpc) is 2.77. The Hall–Kier alpha value is -0.850. The number of ether oxygens (including phenoxy) is 1. The summed E-state index contributed by atoms with van der Waals surface area (Å²) in [7, 11) is 1.63. The largest absolute Gasteiger partial charge is 0.497 e. The van der Waals surface area contributed by atoms with Gasteiger partial charge in [-0.05, 0) is 55.6 Å². The number of hydrogen-bond acceptors (Lipinski definition) is 3. The van der Waals surface area contributed by atoms with Crippen molar-refractivity contribution in [2.75, 3.05) is 7.11 Å². The molecule has 0 aliphatic rings. The van der Waals surface area contributed by atoms with Crippen molar-refractivity contribution in [3.8, 4) is 5.75 Å². The molecule has 0 saturated heterocycles. The van der Waals surface area contributed by atoms with Crippen LogP contribution in [0.15, 0.2) is 38.6 Å². The van der Waals surface area contributed by atoms with Gasteiger partial charge in [-0.2, -0.15) is 0 Å². The first-order valence-electron chi connectivity index (χ1n) is 5.46. The second-order valence-corrected chi connectivity index (χ2v) is 6.99. The Morgan fingerprint density at radius 1 is 1.32 bits per heavy atom. The molecule has 0 aliphatic heterocycles. The van der Waals surface area contributed by atoms with Gasteiger partial charge in [-0.15, -0.1) is 11.3 Å². The van der Waals surface area contributed by atoms with Gasteiger partial charge in [0, 0.05) is 11.0 Å². The first-order valence-corrected chi connectivity index (χ1v) is 7.86. The zero-order chi connectivity index (χ0) is 13.8. The number of benzene rings is 1. The lowest BCUT2D eigenvalue weighted by Crippen LogP contribution is -2.21. The van der Waals surface area contributed by atoms with Crippen LogP contribution in [0.3, 0.4) is 0 Å². The smallest absolute Gasteiger partial charge is 0.261 e. The summed E-state index contributed by atoms with van der Waals surface area (Å²) >= 11 is 8.14. The van der Waals surface area contributed by atoms with Crippen molar-refractivity contribution in [1.29, 1.82) is 0 Å². The minimum absolute atomic E-state index is 0.0766. The SMILES string of the molecule is COc1ccc(CNC(=O)c2cc(Br)c(Br)s2)cc1. The van der Waals surface area contributed by atoms with Gasteiger partial charge in [-0.1, -0.05) is 12.1 Å². The van der Waals surface area contributed by atoms with Crippen LogP contribution in [0, 0.1) is 0 Å². The van der Waals surface area contributed by atoms with E-state index in [9.17, 15) is 4.79 Å². The molecule has 0 bridgehead atoms. The van der Waals surface area contributed by atoms with Crippen LogP contribution in [0.4, 0.5) is 0 Å². The molecule has 0 unspecified atom stereocenters. The van der Waals surface area contributed by atoms with E-state index in [1.165, 1.54) is 11.3 Å². The third kappa shape index (κ3) is 3.81. The van der Waals surface area contributed by atoms with Gasteiger partial charge in [0.05, 0.1) is 15.8 Å². The van der Waals surface area contributed by atoms with Gasteiger partial charge in [0.2, 0.25) is 0 Å². The molecule has 1 heterocycles. The Morgan fingerprint density at radius 2 is 2.00 bits per heavy atom. The highest BCUT2D eigenvalue weighted by atomic mass is 79.9. The van der Waals surface area contributed by atoms with E-state index in [1.807, 2.05) is 24.3 Å². The zero-order valence-corrected chi connectivity index (χ0v) is 14.1. The van der Waals surface area contributed by atoms with E-state index in [4.69, 9.17) is 4.74 Å². The summed E-state index contributed by atoms with van der Waals surface area (Å²) in [5.74, 6) is 0.730. The lowest BCUT2D eigenvalue weighted by atomic mass is 10.2. The number of halogens is 2. The molecular weight excluding hydrogens is 394 g/mol. The summed E-state index contributed by atoms with van der Waals surface area (Å²) in [6.45, 7) is 0.496. The molecule has 0 radical (unpaired) electrons. The lowest BCUT2D eigenvalue weighted by Gasteiger charge is -2.05. The molecule has 1 N–H and O–H groups in total. The highest BCUT2D eigenvalue weighted by molar-refractivity contribution is 9.13. The van der Waals surface area contributed by atoms with Gasteiger partial charge in [0.25, 0.3) is 5.91 Å². The number of methoxy groups -OCH3 is 1. The van der Waals surface area contributed by atoms with E-state index in [2.05, 4.69) is 37.2 Å². The molecule has 6 heteroatoms. The maximum atomic E-state index is 11.9. The minimum atomic E-state index is -0.0766. The molecule has 1 aromatic carbocycles. The molecule has 2 aromatic rings. The van der Waals surface area contributed by atoms with Crippen LogP contribution in [0.5, 0.6) is 5.75 Å². The number of carbonyl (C=O) groups is 1. The Balaban J connectivity index is 1.96. The third-order valence-corrected chi connectivity index (χ3v) is 5.74. The molecule has 0 spiro atoms. The molecule has 19 heavy (non-hydrogen) atoms. The molecule has 0 saturated carbocycles. The number of rotatable bonds is 4. The number of amides is 1. The zero-order valence-electron chi connectivity index (χ0n) is 10.1. The average molecular weight is 405 g/mol. The van der Waals surface area contributed by atoms with E-state index >= 15 is 0 Å². The summed E-state index contributed by atoms with van der Waals surface area (Å²) in [6.07, 6.45) is 0. The predicted octanol–water partition coefficient (Wildman–Crippen LogP) is 4.21. The fourth-order valence-electron chi connectivity index (χ4n) is 1.47. The first-order chi connectivity index (χ1) is 9.10. The summed E-state index contributed by atoms with van der Waals surface area (Å²) in [5.41, 5.74) is 1.03. The van der Waals surface area contributed by atoms with Gasteiger partial charge in [-0.25, -0.2) is 0 Å². The van der Waals surface area contributed by atoms with E-state index in [1.54, 1.807) is 13.2 Å². The quantitative estimate of drug-likeness (QED) is 0.828. The van der Waals surface area contributed by atoms with Gasteiger partial charge in [-0.3, -0.25) is 4.79 Å². The second-order valence-electron chi connectivity index (χ2n) is 3.76. The van der Waals surface area contributed by atoms with Gasteiger partial charge >= 0.3 is 0 Å². The summed E-state index contributed by atoms with van der Waals surface area (Å²) < 4.78 is 6.90. The van der Waals surface area contributed by atoms with Crippen molar-refractivity contribution in [3.63, 3.8) is 0 Å². The van der Waals surface area contributed by atoms with Crippen molar-refractivity contribution in [2.45, 2.75) is 6.54 Å². The van der Waals surface area contributed by atoms with Crippen molar-refractivity contribution in [2.24, 2.45) is 0 Å². The topological polar surface area (TPSA) is 38.3 Å². The molecule has 3 nitrogen and oxygen atoms in total. The van der Waals surface area contributed by atoms with E-state index in [0.29, 0.717) is 11.4 Å². The van der Waals surface area contributed by atoms with Crippen LogP contribution in [0.1, 0.15) is 15.2 Å². The van der Waals surface area contributed by atoms with Gasteiger partial charge < -0.3 is 10.1 Å². The highest BCUT2D eigenvalue weighted by Crippen LogP contribution is 2.32. The fourth-order valence-corrected chi connectivity index (χ4v) is 3.42. The van der Waals surface area contributed by atoms with E-state index in [0.717, 1.165) is 19.6 Å². The van der Waals surface area contributed by atoms with Crippen LogP contribution in [0.25, 0.3) is 0 Å². The number of nitrogens with one attached hydrogen (secondary N) is 1. The highest BCUT2D eigenvalue weighted by Gasteiger charge is 2.11. The van der Waals surface area contributed by atoms with Crippen molar-refractivity contribution >= 4 is 49.1 Å². The second kappa shape index (κ2) is 6.54. The fraction of sp³-hybridized carbons (Fsp3) is 0.154. The van der Waals surface area contributed by atoms with Crippen molar-refractivity contribution in [1.82, 2.24) is 5.32 Å². The minimum Gasteiger partial charge on any atom is -0.497 e. The van der Waals surface area contributed by atoms with Gasteiger partial charge in [0.1, 0.15) is 5.75 Å². The number of hydrogen-bond donors (Lipinski definition) is 1. The van der Waals surface area contributed by atoms with E-state index in [-0.39, 0.29) is 5.91 Å². The summed E-state index contributed by atoms with van der Waals surface area (Å²) in [5, 5.41) is 2.88. The van der Waals surface area contributed by atoms with Crippen LogP contribution in [-0.4, -0.2) is 13.0 Å². The molecule has 2 rings (SSSR count). The van der Waals surface area contributed by atoms with Crippen LogP contribution in [-0.2, 0) is 6.54 Å². The lowest BCUT2D eigenvalue weighted by molar-refractivity contribution is 0.0955. The maximum absolute atomic E-state index is 11.9. The Labute approximate surface area is 132 Å². The Kier molecular flexibility index (Phi) is 5.01. The molecule has 0 atom stereocenters. The van der Waals surface area contributed by atoms with Crippen molar-refractivity contribution in [3.05, 3.63) is 49.0 Å². The maximum Gasteiger partial charge on any atom is 0.261 e. The van der Waals surface area contributed by atoms with Crippen LogP contribution >= 0.6 is 43.2 Å². The summed E-state index contributed by atoms with van der Waals surface area (Å²) in [4.78, 5) is 12.6. The number of thiophene rings is 1. The van der Waals surface area contributed by atoms with Crippen LogP contribution < -0.4 is 10.1 Å². The summed E-state index contributed by atoms with van der Waals surface area (Å²) in [6, 6.07) is 9.41. The monoisotopic (exact) mass is 403 g/mol. The molecule has 0 aliphatic carbocycles. The number of carbonyl (C=O) groups excluding carboxylic acids is 1. The molecule has 0 fully saturated rings. The Morgan fingerprint density at radius 3 is 2.53 bits per heavy atom. The standard InChI is InChI=1S/C13H11Br2NO2S/c1-18-9-4-2-8(3-5-9)7-16-13(17)11-6-10(14)12(15)19-11/h2-6H,7H2,1H3,(H,16,17). The normalized spacial score (nSPS) is 10.3. The molecule has 100 valence electrons. The van der Waals surface area contributed by atoms with Gasteiger partial charge in [0.15, 0.2) is 0 Å². The molecule has 1 amide bonds. The Bertz CT molecular complexity index is 561. The predicted molar refractivity (Wildman–Crippen MR) is 83.9 cm³/mol. The van der Waals surface area contributed by atoms with E-state index < -0.39 is 0 Å². The van der Waals surface area contributed by atoms with Crippen molar-refractivity contribution < 1.29 is 9.53 Å². The third-order valence-electron chi connectivity index (χ3n) is 2.48.